The Labute approximate surface area is 109 Å². The summed E-state index contributed by atoms with van der Waals surface area (Å²) in [6, 6.07) is 10.8. The third-order valence-electron chi connectivity index (χ3n) is 3.91. The summed E-state index contributed by atoms with van der Waals surface area (Å²) in [5.41, 5.74) is 2.16. The molecule has 3 nitrogen and oxygen atoms in total. The molecule has 96 valence electrons. The number of methoxy groups -OCH3 is 1. The lowest BCUT2D eigenvalue weighted by Crippen LogP contribution is -2.44. The van der Waals surface area contributed by atoms with Crippen LogP contribution in [0.2, 0.25) is 0 Å². The van der Waals surface area contributed by atoms with Crippen LogP contribution in [-0.4, -0.2) is 30.7 Å². The van der Waals surface area contributed by atoms with E-state index in [1.165, 1.54) is 11.1 Å². The quantitative estimate of drug-likeness (QED) is 0.819. The first-order valence-corrected chi connectivity index (χ1v) is 6.42. The van der Waals surface area contributed by atoms with Gasteiger partial charge in [0.25, 0.3) is 0 Å². The van der Waals surface area contributed by atoms with Gasteiger partial charge in [0.05, 0.1) is 6.07 Å². The molecule has 1 aliphatic heterocycles. The van der Waals surface area contributed by atoms with Gasteiger partial charge < -0.3 is 4.74 Å². The zero-order valence-corrected chi connectivity index (χ0v) is 11.1. The molecule has 0 aromatic heterocycles. The predicted molar refractivity (Wildman–Crippen MR) is 71.0 cm³/mol. The zero-order valence-electron chi connectivity index (χ0n) is 11.1. The summed E-state index contributed by atoms with van der Waals surface area (Å²) in [7, 11) is 1.64. The molecule has 0 amide bonds. The smallest absolute Gasteiger partial charge is 0.156 e. The molecule has 0 atom stereocenters. The van der Waals surface area contributed by atoms with Gasteiger partial charge in [-0.15, -0.1) is 0 Å². The Kier molecular flexibility index (Phi) is 4.00. The molecule has 0 unspecified atom stereocenters. The van der Waals surface area contributed by atoms with Crippen LogP contribution in [0.25, 0.3) is 0 Å². The maximum Gasteiger partial charge on any atom is 0.156 e. The van der Waals surface area contributed by atoms with E-state index >= 15 is 0 Å². The first-order valence-electron chi connectivity index (χ1n) is 6.42. The Morgan fingerprint density at radius 2 is 2.00 bits per heavy atom. The largest absolute Gasteiger partial charge is 0.363 e. The number of hydrogen-bond acceptors (Lipinski definition) is 3. The number of rotatable bonds is 3. The number of likely N-dealkylation sites (tertiary alicyclic amines) is 1. The van der Waals surface area contributed by atoms with Crippen molar-refractivity contribution in [2.24, 2.45) is 0 Å². The van der Waals surface area contributed by atoms with Crippen molar-refractivity contribution in [3.63, 3.8) is 0 Å². The summed E-state index contributed by atoms with van der Waals surface area (Å²) in [5, 5.41) is 9.17. The van der Waals surface area contributed by atoms with Crippen LogP contribution in [0.4, 0.5) is 0 Å². The molecule has 1 fully saturated rings. The second-order valence-electron chi connectivity index (χ2n) is 5.01. The van der Waals surface area contributed by atoms with E-state index in [4.69, 9.17) is 10.00 Å². The molecule has 18 heavy (non-hydrogen) atoms. The number of nitrogens with zero attached hydrogens (tertiary/aromatic N) is 2. The summed E-state index contributed by atoms with van der Waals surface area (Å²) in [6.45, 7) is 4.97. The van der Waals surface area contributed by atoms with E-state index in [0.717, 1.165) is 32.5 Å². The highest BCUT2D eigenvalue weighted by molar-refractivity contribution is 5.25. The van der Waals surface area contributed by atoms with E-state index < -0.39 is 5.60 Å². The fourth-order valence-electron chi connectivity index (χ4n) is 2.46. The molecule has 0 spiro atoms. The van der Waals surface area contributed by atoms with E-state index in [2.05, 4.69) is 42.2 Å². The fraction of sp³-hybridized carbons (Fsp3) is 0.533. The molecule has 0 saturated carbocycles. The molecule has 0 bridgehead atoms. The van der Waals surface area contributed by atoms with Crippen LogP contribution in [0, 0.1) is 18.3 Å². The normalized spacial score (nSPS) is 19.4. The minimum atomic E-state index is -0.553. The zero-order chi connectivity index (χ0) is 13.0. The molecule has 2 rings (SSSR count). The average molecular weight is 244 g/mol. The molecule has 1 aliphatic rings. The van der Waals surface area contributed by atoms with Crippen LogP contribution < -0.4 is 0 Å². The van der Waals surface area contributed by atoms with Gasteiger partial charge in [0, 0.05) is 39.6 Å². The molecule has 1 aromatic carbocycles. The standard InChI is InChI=1S/C15H20N2O/c1-13-5-3-4-6-14(13)11-17-9-7-15(12-16,18-2)8-10-17/h3-6H,7-11H2,1-2H3. The van der Waals surface area contributed by atoms with Gasteiger partial charge in [-0.25, -0.2) is 0 Å². The lowest BCUT2D eigenvalue weighted by molar-refractivity contribution is -0.0156. The lowest BCUT2D eigenvalue weighted by Gasteiger charge is -2.36. The van der Waals surface area contributed by atoms with Gasteiger partial charge in [0.2, 0.25) is 0 Å². The number of piperidine rings is 1. The minimum Gasteiger partial charge on any atom is -0.363 e. The molecule has 0 aliphatic carbocycles. The fourth-order valence-corrected chi connectivity index (χ4v) is 2.46. The van der Waals surface area contributed by atoms with Crippen molar-refractivity contribution in [1.29, 1.82) is 5.26 Å². The highest BCUT2D eigenvalue weighted by Gasteiger charge is 2.34. The average Bonchev–Trinajstić information content (AvgIpc) is 2.43. The van der Waals surface area contributed by atoms with E-state index in [-0.39, 0.29) is 0 Å². The first kappa shape index (κ1) is 13.1. The summed E-state index contributed by atoms with van der Waals surface area (Å²) in [6.07, 6.45) is 1.60. The first-order chi connectivity index (χ1) is 8.69. The molecule has 0 radical (unpaired) electrons. The van der Waals surface area contributed by atoms with Crippen LogP contribution in [0.1, 0.15) is 24.0 Å². The number of nitriles is 1. The third-order valence-corrected chi connectivity index (χ3v) is 3.91. The third kappa shape index (κ3) is 2.72. The van der Waals surface area contributed by atoms with Crippen molar-refractivity contribution in [3.8, 4) is 6.07 Å². The van der Waals surface area contributed by atoms with E-state index in [1.54, 1.807) is 7.11 Å². The highest BCUT2D eigenvalue weighted by atomic mass is 16.5. The van der Waals surface area contributed by atoms with Crippen molar-refractivity contribution < 1.29 is 4.74 Å². The second kappa shape index (κ2) is 5.51. The van der Waals surface area contributed by atoms with Crippen molar-refractivity contribution >= 4 is 0 Å². The number of aryl methyl sites for hydroxylation is 1. The Morgan fingerprint density at radius 3 is 2.56 bits per heavy atom. The van der Waals surface area contributed by atoms with Gasteiger partial charge in [-0.2, -0.15) is 5.26 Å². The van der Waals surface area contributed by atoms with Crippen molar-refractivity contribution in [2.45, 2.75) is 31.9 Å². The highest BCUT2D eigenvalue weighted by Crippen LogP contribution is 2.26. The van der Waals surface area contributed by atoms with Gasteiger partial charge in [-0.3, -0.25) is 4.90 Å². The van der Waals surface area contributed by atoms with Crippen molar-refractivity contribution in [2.75, 3.05) is 20.2 Å². The topological polar surface area (TPSA) is 36.3 Å². The molecule has 1 aromatic rings. The summed E-state index contributed by atoms with van der Waals surface area (Å²) in [4.78, 5) is 2.40. The van der Waals surface area contributed by atoms with Crippen LogP contribution in [0.15, 0.2) is 24.3 Å². The van der Waals surface area contributed by atoms with Crippen molar-refractivity contribution in [3.05, 3.63) is 35.4 Å². The molecular formula is C15H20N2O. The Hall–Kier alpha value is -1.37. The van der Waals surface area contributed by atoms with E-state index in [0.29, 0.717) is 0 Å². The molecule has 1 heterocycles. The maximum atomic E-state index is 9.17. The Morgan fingerprint density at radius 1 is 1.33 bits per heavy atom. The molecule has 1 saturated heterocycles. The van der Waals surface area contributed by atoms with E-state index in [1.807, 2.05) is 0 Å². The van der Waals surface area contributed by atoms with Crippen molar-refractivity contribution in [1.82, 2.24) is 4.90 Å². The van der Waals surface area contributed by atoms with Gasteiger partial charge >= 0.3 is 0 Å². The van der Waals surface area contributed by atoms with Gasteiger partial charge in [0.15, 0.2) is 5.60 Å². The van der Waals surface area contributed by atoms with Gasteiger partial charge in [-0.05, 0) is 18.1 Å². The van der Waals surface area contributed by atoms with Gasteiger partial charge in [0.1, 0.15) is 0 Å². The predicted octanol–water partition coefficient (Wildman–Crippen LogP) is 2.50. The van der Waals surface area contributed by atoms with Crippen LogP contribution in [0.5, 0.6) is 0 Å². The summed E-state index contributed by atoms with van der Waals surface area (Å²) < 4.78 is 5.36. The summed E-state index contributed by atoms with van der Waals surface area (Å²) >= 11 is 0. The lowest BCUT2D eigenvalue weighted by atomic mass is 9.92. The Balaban J connectivity index is 1.96. The number of ether oxygens (including phenoxy) is 1. The molecular weight excluding hydrogens is 224 g/mol. The van der Waals surface area contributed by atoms with Crippen LogP contribution in [0.3, 0.4) is 0 Å². The van der Waals surface area contributed by atoms with Crippen LogP contribution in [-0.2, 0) is 11.3 Å². The SMILES string of the molecule is COC1(C#N)CCN(Cc2ccccc2C)CC1. The monoisotopic (exact) mass is 244 g/mol. The second-order valence-corrected chi connectivity index (χ2v) is 5.01. The Bertz CT molecular complexity index is 442. The minimum absolute atomic E-state index is 0.553. The van der Waals surface area contributed by atoms with Crippen LogP contribution >= 0.6 is 0 Å². The summed E-state index contributed by atoms with van der Waals surface area (Å²) in [5.74, 6) is 0. The molecule has 0 N–H and O–H groups in total. The maximum absolute atomic E-state index is 9.17. The van der Waals surface area contributed by atoms with Gasteiger partial charge in [-0.1, -0.05) is 24.3 Å². The van der Waals surface area contributed by atoms with E-state index in [9.17, 15) is 0 Å². The molecule has 3 heteroatoms. The number of benzene rings is 1. The number of hydrogen-bond donors (Lipinski definition) is 0.